The van der Waals surface area contributed by atoms with Gasteiger partial charge in [0.2, 0.25) is 5.89 Å². The Bertz CT molecular complexity index is 545. The summed E-state index contributed by atoms with van der Waals surface area (Å²) < 4.78 is 5.50. The van der Waals surface area contributed by atoms with Crippen LogP contribution in [0.5, 0.6) is 0 Å². The zero-order valence-corrected chi connectivity index (χ0v) is 12.7. The summed E-state index contributed by atoms with van der Waals surface area (Å²) in [7, 11) is 0. The van der Waals surface area contributed by atoms with Crippen molar-refractivity contribution in [2.24, 2.45) is 0 Å². The minimum Gasteiger partial charge on any atom is -0.407 e. The monoisotopic (exact) mass is 294 g/mol. The molecule has 6 heteroatoms. The Morgan fingerprint density at radius 2 is 1.80 bits per heavy atom. The van der Waals surface area contributed by atoms with Gasteiger partial charge >= 0.3 is 6.01 Å². The first-order chi connectivity index (χ1) is 9.42. The SMILES string of the molecule is CC(C)(C)NCc1nnc(NCc2ccc(Cl)cc2)o1. The lowest BCUT2D eigenvalue weighted by atomic mass is 10.1. The zero-order valence-electron chi connectivity index (χ0n) is 11.9. The van der Waals surface area contributed by atoms with Crippen LogP contribution in [0.4, 0.5) is 6.01 Å². The number of halogens is 1. The first-order valence-corrected chi connectivity index (χ1v) is 6.86. The molecule has 0 radical (unpaired) electrons. The Morgan fingerprint density at radius 1 is 1.10 bits per heavy atom. The number of hydrogen-bond acceptors (Lipinski definition) is 5. The van der Waals surface area contributed by atoms with E-state index in [0.29, 0.717) is 25.0 Å². The van der Waals surface area contributed by atoms with Crippen LogP contribution in [0, 0.1) is 0 Å². The smallest absolute Gasteiger partial charge is 0.315 e. The van der Waals surface area contributed by atoms with Crippen molar-refractivity contribution in [1.82, 2.24) is 15.5 Å². The Hall–Kier alpha value is -1.59. The molecular formula is C14H19ClN4O. The lowest BCUT2D eigenvalue weighted by Gasteiger charge is -2.18. The summed E-state index contributed by atoms with van der Waals surface area (Å²) in [6, 6.07) is 8.03. The average molecular weight is 295 g/mol. The largest absolute Gasteiger partial charge is 0.407 e. The van der Waals surface area contributed by atoms with Crippen molar-refractivity contribution in [3.8, 4) is 0 Å². The van der Waals surface area contributed by atoms with Crippen LogP contribution < -0.4 is 10.6 Å². The fourth-order valence-electron chi connectivity index (χ4n) is 1.52. The first-order valence-electron chi connectivity index (χ1n) is 6.48. The molecule has 0 saturated heterocycles. The number of rotatable bonds is 5. The molecule has 0 fully saturated rings. The van der Waals surface area contributed by atoms with Gasteiger partial charge in [-0.2, -0.15) is 0 Å². The van der Waals surface area contributed by atoms with Crippen LogP contribution in [-0.4, -0.2) is 15.7 Å². The van der Waals surface area contributed by atoms with Crippen LogP contribution in [0.25, 0.3) is 0 Å². The highest BCUT2D eigenvalue weighted by Gasteiger charge is 2.12. The molecule has 2 N–H and O–H groups in total. The Kier molecular flexibility index (Phi) is 4.62. The Morgan fingerprint density at radius 3 is 2.45 bits per heavy atom. The van der Waals surface area contributed by atoms with E-state index in [1.807, 2.05) is 24.3 Å². The van der Waals surface area contributed by atoms with Crippen molar-refractivity contribution in [2.75, 3.05) is 5.32 Å². The maximum Gasteiger partial charge on any atom is 0.315 e. The molecular weight excluding hydrogens is 276 g/mol. The minimum absolute atomic E-state index is 0.0192. The van der Waals surface area contributed by atoms with Gasteiger partial charge in [0, 0.05) is 17.1 Å². The topological polar surface area (TPSA) is 63.0 Å². The van der Waals surface area contributed by atoms with Crippen LogP contribution in [0.3, 0.4) is 0 Å². The average Bonchev–Trinajstić information content (AvgIpc) is 2.83. The van der Waals surface area contributed by atoms with E-state index in [0.717, 1.165) is 10.6 Å². The van der Waals surface area contributed by atoms with E-state index >= 15 is 0 Å². The number of nitrogens with zero attached hydrogens (tertiary/aromatic N) is 2. The van der Waals surface area contributed by atoms with Gasteiger partial charge in [0.05, 0.1) is 6.54 Å². The summed E-state index contributed by atoms with van der Waals surface area (Å²) in [5.74, 6) is 0.568. The number of aromatic nitrogens is 2. The van der Waals surface area contributed by atoms with Gasteiger partial charge in [-0.3, -0.25) is 0 Å². The van der Waals surface area contributed by atoms with Crippen LogP contribution in [0.1, 0.15) is 32.2 Å². The molecule has 0 aliphatic heterocycles. The maximum atomic E-state index is 5.84. The fourth-order valence-corrected chi connectivity index (χ4v) is 1.64. The normalized spacial score (nSPS) is 11.6. The fraction of sp³-hybridized carbons (Fsp3) is 0.429. The molecule has 2 aromatic rings. The molecule has 0 unspecified atom stereocenters. The third-order valence-corrected chi connectivity index (χ3v) is 2.85. The van der Waals surface area contributed by atoms with E-state index in [9.17, 15) is 0 Å². The van der Waals surface area contributed by atoms with Gasteiger partial charge in [-0.15, -0.1) is 5.10 Å². The first kappa shape index (κ1) is 14.8. The highest BCUT2D eigenvalue weighted by atomic mass is 35.5. The number of benzene rings is 1. The van der Waals surface area contributed by atoms with Crippen LogP contribution >= 0.6 is 11.6 Å². The van der Waals surface area contributed by atoms with Gasteiger partial charge < -0.3 is 15.1 Å². The summed E-state index contributed by atoms with van der Waals surface area (Å²) >= 11 is 5.84. The molecule has 0 atom stereocenters. The molecule has 0 saturated carbocycles. The summed E-state index contributed by atoms with van der Waals surface area (Å²) in [4.78, 5) is 0. The molecule has 0 aliphatic carbocycles. The third-order valence-electron chi connectivity index (χ3n) is 2.59. The molecule has 108 valence electrons. The highest BCUT2D eigenvalue weighted by Crippen LogP contribution is 2.12. The number of hydrogen-bond donors (Lipinski definition) is 2. The molecule has 1 aromatic carbocycles. The second-order valence-electron chi connectivity index (χ2n) is 5.58. The van der Waals surface area contributed by atoms with Crippen molar-refractivity contribution in [1.29, 1.82) is 0 Å². The molecule has 0 aliphatic rings. The van der Waals surface area contributed by atoms with Gasteiger partial charge in [-0.25, -0.2) is 0 Å². The molecule has 1 aromatic heterocycles. The second-order valence-corrected chi connectivity index (χ2v) is 6.02. The standard InChI is InChI=1S/C14H19ClN4O/c1-14(2,3)17-9-12-18-19-13(20-12)16-8-10-4-6-11(15)7-5-10/h4-7,17H,8-9H2,1-3H3,(H,16,19). The molecule has 20 heavy (non-hydrogen) atoms. The molecule has 0 bridgehead atoms. The summed E-state index contributed by atoms with van der Waals surface area (Å²) in [5, 5.41) is 15.0. The van der Waals surface area contributed by atoms with Crippen molar-refractivity contribution >= 4 is 17.6 Å². The summed E-state index contributed by atoms with van der Waals surface area (Å²) in [6.07, 6.45) is 0. The molecule has 5 nitrogen and oxygen atoms in total. The van der Waals surface area contributed by atoms with Crippen LogP contribution in [-0.2, 0) is 13.1 Å². The van der Waals surface area contributed by atoms with Gasteiger partial charge in [0.1, 0.15) is 0 Å². The van der Waals surface area contributed by atoms with Crippen molar-refractivity contribution < 1.29 is 4.42 Å². The minimum atomic E-state index is 0.0192. The quantitative estimate of drug-likeness (QED) is 0.886. The molecule has 0 spiro atoms. The molecule has 1 heterocycles. The third kappa shape index (κ3) is 4.83. The van der Waals surface area contributed by atoms with Gasteiger partial charge in [0.15, 0.2) is 0 Å². The molecule has 0 amide bonds. The summed E-state index contributed by atoms with van der Waals surface area (Å²) in [5.41, 5.74) is 1.12. The van der Waals surface area contributed by atoms with Gasteiger partial charge in [0.25, 0.3) is 0 Å². The van der Waals surface area contributed by atoms with E-state index in [4.69, 9.17) is 16.0 Å². The van der Waals surface area contributed by atoms with Crippen LogP contribution in [0.2, 0.25) is 5.02 Å². The van der Waals surface area contributed by atoms with E-state index in [1.54, 1.807) is 0 Å². The molecule has 2 rings (SSSR count). The number of anilines is 1. The predicted molar refractivity (Wildman–Crippen MR) is 79.7 cm³/mol. The van der Waals surface area contributed by atoms with Crippen molar-refractivity contribution in [2.45, 2.75) is 39.4 Å². The highest BCUT2D eigenvalue weighted by molar-refractivity contribution is 6.30. The van der Waals surface area contributed by atoms with E-state index in [-0.39, 0.29) is 5.54 Å². The van der Waals surface area contributed by atoms with E-state index in [2.05, 4.69) is 41.6 Å². The van der Waals surface area contributed by atoms with Gasteiger partial charge in [-0.05, 0) is 38.5 Å². The predicted octanol–water partition coefficient (Wildman–Crippen LogP) is 3.22. The zero-order chi connectivity index (χ0) is 14.6. The lowest BCUT2D eigenvalue weighted by Crippen LogP contribution is -2.35. The second kappa shape index (κ2) is 6.24. The maximum absolute atomic E-state index is 5.84. The summed E-state index contributed by atoms with van der Waals surface area (Å²) in [6.45, 7) is 7.43. The lowest BCUT2D eigenvalue weighted by molar-refractivity contribution is 0.383. The van der Waals surface area contributed by atoms with E-state index in [1.165, 1.54) is 0 Å². The van der Waals surface area contributed by atoms with Gasteiger partial charge in [-0.1, -0.05) is 28.8 Å². The Labute approximate surface area is 123 Å². The Balaban J connectivity index is 1.85. The van der Waals surface area contributed by atoms with Crippen molar-refractivity contribution in [3.63, 3.8) is 0 Å². The van der Waals surface area contributed by atoms with Crippen LogP contribution in [0.15, 0.2) is 28.7 Å². The van der Waals surface area contributed by atoms with Crippen molar-refractivity contribution in [3.05, 3.63) is 40.7 Å². The number of nitrogens with one attached hydrogen (secondary N) is 2. The van der Waals surface area contributed by atoms with E-state index < -0.39 is 0 Å².